The molecule has 7 nitrogen and oxygen atoms in total. The van der Waals surface area contributed by atoms with Crippen molar-refractivity contribution in [3.8, 4) is 0 Å². The minimum absolute atomic E-state index is 0.0868. The highest BCUT2D eigenvalue weighted by Gasteiger charge is 2.19. The van der Waals surface area contributed by atoms with Gasteiger partial charge in [-0.1, -0.05) is 0 Å². The maximum Gasteiger partial charge on any atom is 0.241 e. The predicted octanol–water partition coefficient (Wildman–Crippen LogP) is 0.976. The first kappa shape index (κ1) is 15.5. The summed E-state index contributed by atoms with van der Waals surface area (Å²) in [5.41, 5.74) is 7.65. The second-order valence-electron chi connectivity index (χ2n) is 4.84. The summed E-state index contributed by atoms with van der Waals surface area (Å²) in [5, 5.41) is 7.67. The predicted molar refractivity (Wildman–Crippen MR) is 80.0 cm³/mol. The molecule has 1 aromatic heterocycles. The summed E-state index contributed by atoms with van der Waals surface area (Å²) in [7, 11) is -3.65. The molecule has 1 aromatic carbocycles. The van der Waals surface area contributed by atoms with Crippen LogP contribution < -0.4 is 10.5 Å². The lowest BCUT2D eigenvalue weighted by Gasteiger charge is -2.12. The lowest BCUT2D eigenvalue weighted by atomic mass is 10.1. The molecule has 0 saturated heterocycles. The van der Waals surface area contributed by atoms with Crippen LogP contribution in [0.5, 0.6) is 0 Å². The average Bonchev–Trinajstić information content (AvgIpc) is 2.88. The highest BCUT2D eigenvalue weighted by atomic mass is 32.2. The van der Waals surface area contributed by atoms with Gasteiger partial charge in [-0.15, -0.1) is 10.2 Å². The van der Waals surface area contributed by atoms with Crippen molar-refractivity contribution in [2.45, 2.75) is 38.8 Å². The molecule has 0 fully saturated rings. The first-order valence-corrected chi connectivity index (χ1v) is 8.06. The molecule has 2 aromatic rings. The molecule has 114 valence electrons. The molecule has 0 unspecified atom stereocenters. The molecule has 1 heterocycles. The fraction of sp³-hybridized carbons (Fsp3) is 0.385. The average molecular weight is 309 g/mol. The summed E-state index contributed by atoms with van der Waals surface area (Å²) < 4.78 is 29.2. The number of rotatable bonds is 5. The number of aryl methyl sites for hydroxylation is 2. The zero-order valence-corrected chi connectivity index (χ0v) is 13.1. The van der Waals surface area contributed by atoms with E-state index in [1.54, 1.807) is 30.0 Å². The van der Waals surface area contributed by atoms with Crippen LogP contribution >= 0.6 is 0 Å². The molecule has 0 aliphatic carbocycles. The number of hydrogen-bond acceptors (Lipinski definition) is 5. The lowest BCUT2D eigenvalue weighted by Crippen LogP contribution is -2.26. The quantitative estimate of drug-likeness (QED) is 0.801. The smallest absolute Gasteiger partial charge is 0.241 e. The molecule has 21 heavy (non-hydrogen) atoms. The van der Waals surface area contributed by atoms with Crippen LogP contribution in [0.3, 0.4) is 0 Å². The zero-order valence-electron chi connectivity index (χ0n) is 12.3. The van der Waals surface area contributed by atoms with Crippen molar-refractivity contribution in [1.29, 1.82) is 0 Å². The molecule has 0 saturated carbocycles. The summed E-state index contributed by atoms with van der Waals surface area (Å²) in [6.45, 7) is 6.21. The number of anilines is 1. The van der Waals surface area contributed by atoms with E-state index in [4.69, 9.17) is 5.73 Å². The molecule has 0 radical (unpaired) electrons. The Kier molecular flexibility index (Phi) is 4.29. The first-order valence-electron chi connectivity index (χ1n) is 6.58. The van der Waals surface area contributed by atoms with Crippen molar-refractivity contribution in [1.82, 2.24) is 19.5 Å². The molecule has 8 heteroatoms. The van der Waals surface area contributed by atoms with Crippen LogP contribution in [0.4, 0.5) is 5.69 Å². The van der Waals surface area contributed by atoms with E-state index in [2.05, 4.69) is 14.9 Å². The Balaban J connectivity index is 2.27. The molecule has 0 aliphatic heterocycles. The third-order valence-electron chi connectivity index (χ3n) is 3.29. The lowest BCUT2D eigenvalue weighted by molar-refractivity contribution is 0.574. The number of sulfonamides is 1. The Morgan fingerprint density at radius 2 is 2.05 bits per heavy atom. The monoisotopic (exact) mass is 309 g/mol. The maximum absolute atomic E-state index is 12.4. The van der Waals surface area contributed by atoms with Gasteiger partial charge in [0.25, 0.3) is 0 Å². The summed E-state index contributed by atoms with van der Waals surface area (Å²) >= 11 is 0. The van der Waals surface area contributed by atoms with Crippen LogP contribution in [0.1, 0.15) is 23.9 Å². The van der Waals surface area contributed by atoms with Crippen LogP contribution in [-0.2, 0) is 23.1 Å². The Hall–Kier alpha value is -1.93. The number of benzene rings is 1. The number of aromatic nitrogens is 3. The number of hydrogen-bond donors (Lipinski definition) is 2. The van der Waals surface area contributed by atoms with Crippen molar-refractivity contribution in [3.05, 3.63) is 35.4 Å². The highest BCUT2D eigenvalue weighted by molar-refractivity contribution is 7.89. The fourth-order valence-corrected chi connectivity index (χ4v) is 3.39. The standard InChI is InChI=1S/C13H19N5O2S/c1-4-18-8-15-17-13(18)7-16-21(19,20)12-6-9(2)5-11(14)10(12)3/h5-6,8,16H,4,7,14H2,1-3H3. The number of nitrogens with zero attached hydrogens (tertiary/aromatic N) is 3. The molecule has 0 spiro atoms. The third kappa shape index (κ3) is 3.22. The van der Waals surface area contributed by atoms with Gasteiger partial charge in [0, 0.05) is 12.2 Å². The molecular formula is C13H19N5O2S. The van der Waals surface area contributed by atoms with E-state index in [-0.39, 0.29) is 11.4 Å². The maximum atomic E-state index is 12.4. The molecule has 2 rings (SSSR count). The zero-order chi connectivity index (χ0) is 15.6. The van der Waals surface area contributed by atoms with E-state index in [1.165, 1.54) is 0 Å². The van der Waals surface area contributed by atoms with Gasteiger partial charge >= 0.3 is 0 Å². The third-order valence-corrected chi connectivity index (χ3v) is 4.82. The minimum atomic E-state index is -3.65. The summed E-state index contributed by atoms with van der Waals surface area (Å²) in [6.07, 6.45) is 1.57. The highest BCUT2D eigenvalue weighted by Crippen LogP contribution is 2.22. The van der Waals surface area contributed by atoms with Crippen LogP contribution in [0.2, 0.25) is 0 Å². The molecule has 3 N–H and O–H groups in total. The van der Waals surface area contributed by atoms with Crippen molar-refractivity contribution in [2.24, 2.45) is 0 Å². The number of nitrogens with two attached hydrogens (primary N) is 1. The Bertz CT molecular complexity index is 752. The molecular weight excluding hydrogens is 290 g/mol. The van der Waals surface area contributed by atoms with Gasteiger partial charge in [-0.05, 0) is 44.0 Å². The van der Waals surface area contributed by atoms with Gasteiger partial charge in [-0.2, -0.15) is 0 Å². The summed E-state index contributed by atoms with van der Waals surface area (Å²) in [6, 6.07) is 3.36. The molecule has 0 amide bonds. The molecule has 0 aliphatic rings. The van der Waals surface area contributed by atoms with E-state index in [1.807, 2.05) is 13.8 Å². The summed E-state index contributed by atoms with van der Waals surface area (Å²) in [4.78, 5) is 0.197. The van der Waals surface area contributed by atoms with Crippen LogP contribution in [0.15, 0.2) is 23.4 Å². The van der Waals surface area contributed by atoms with Gasteiger partial charge in [0.15, 0.2) is 0 Å². The normalized spacial score (nSPS) is 11.8. The van der Waals surface area contributed by atoms with Crippen LogP contribution in [0, 0.1) is 13.8 Å². The second-order valence-corrected chi connectivity index (χ2v) is 6.57. The molecule has 0 atom stereocenters. The summed E-state index contributed by atoms with van der Waals surface area (Å²) in [5.74, 6) is 0.569. The van der Waals surface area contributed by atoms with Crippen molar-refractivity contribution >= 4 is 15.7 Å². The van der Waals surface area contributed by atoms with Crippen molar-refractivity contribution in [2.75, 3.05) is 5.73 Å². The van der Waals surface area contributed by atoms with Gasteiger partial charge in [0.05, 0.1) is 11.4 Å². The molecule has 0 bridgehead atoms. The van der Waals surface area contributed by atoms with Gasteiger partial charge < -0.3 is 10.3 Å². The van der Waals surface area contributed by atoms with E-state index in [0.29, 0.717) is 23.6 Å². The topological polar surface area (TPSA) is 103 Å². The largest absolute Gasteiger partial charge is 0.398 e. The van der Waals surface area contributed by atoms with E-state index >= 15 is 0 Å². The van der Waals surface area contributed by atoms with Crippen molar-refractivity contribution < 1.29 is 8.42 Å². The first-order chi connectivity index (χ1) is 9.85. The van der Waals surface area contributed by atoms with Gasteiger partial charge in [-0.3, -0.25) is 0 Å². The second kappa shape index (κ2) is 5.82. The van der Waals surface area contributed by atoms with E-state index < -0.39 is 10.0 Å². The van der Waals surface area contributed by atoms with Gasteiger partial charge in [0.2, 0.25) is 10.0 Å². The Morgan fingerprint density at radius 3 is 2.71 bits per heavy atom. The number of nitrogen functional groups attached to an aromatic ring is 1. The number of nitrogens with one attached hydrogen (secondary N) is 1. The Labute approximate surface area is 124 Å². The van der Waals surface area contributed by atoms with Gasteiger partial charge in [-0.25, -0.2) is 13.1 Å². The Morgan fingerprint density at radius 1 is 1.33 bits per heavy atom. The SMILES string of the molecule is CCn1cnnc1CNS(=O)(=O)c1cc(C)cc(N)c1C. The van der Waals surface area contributed by atoms with E-state index in [0.717, 1.165) is 5.56 Å². The van der Waals surface area contributed by atoms with Gasteiger partial charge in [0.1, 0.15) is 12.2 Å². The minimum Gasteiger partial charge on any atom is -0.398 e. The van der Waals surface area contributed by atoms with Crippen molar-refractivity contribution in [3.63, 3.8) is 0 Å². The van der Waals surface area contributed by atoms with Crippen LogP contribution in [-0.4, -0.2) is 23.2 Å². The van der Waals surface area contributed by atoms with Crippen LogP contribution in [0.25, 0.3) is 0 Å². The van der Waals surface area contributed by atoms with E-state index in [9.17, 15) is 8.42 Å². The fourth-order valence-electron chi connectivity index (χ4n) is 2.05.